The number of esters is 1. The Morgan fingerprint density at radius 1 is 1.39 bits per heavy atom. The maximum absolute atomic E-state index is 12.5. The second-order valence-corrected chi connectivity index (χ2v) is 3.66. The minimum absolute atomic E-state index is 0.119. The van der Waals surface area contributed by atoms with Crippen molar-refractivity contribution in [1.82, 2.24) is 0 Å². The molecule has 0 spiro atoms. The molecule has 0 atom stereocenters. The van der Waals surface area contributed by atoms with Crippen LogP contribution in [0.3, 0.4) is 0 Å². The Labute approximate surface area is 103 Å². The minimum Gasteiger partial charge on any atom is -0.463 e. The predicted molar refractivity (Wildman–Crippen MR) is 61.8 cm³/mol. The molecule has 18 heavy (non-hydrogen) atoms. The Morgan fingerprint density at radius 2 is 2.06 bits per heavy atom. The summed E-state index contributed by atoms with van der Waals surface area (Å²) < 4.78 is 42.2. The van der Waals surface area contributed by atoms with Crippen molar-refractivity contribution in [2.24, 2.45) is 0 Å². The highest BCUT2D eigenvalue weighted by Crippen LogP contribution is 2.32. The largest absolute Gasteiger partial charge is 0.463 e. The number of benzene rings is 1. The number of carbonyl (C=O) groups is 1. The van der Waals surface area contributed by atoms with Crippen LogP contribution in [-0.2, 0) is 15.7 Å². The molecule has 98 valence electrons. The quantitative estimate of drug-likeness (QED) is 0.611. The van der Waals surface area contributed by atoms with E-state index in [2.05, 4.69) is 4.74 Å². The lowest BCUT2D eigenvalue weighted by Crippen LogP contribution is -2.07. The van der Waals surface area contributed by atoms with Crippen LogP contribution in [0.1, 0.15) is 23.6 Å². The Hall–Kier alpha value is -1.78. The normalized spacial score (nSPS) is 11.8. The number of hydrogen-bond acceptors (Lipinski definition) is 2. The third-order valence-electron chi connectivity index (χ3n) is 2.25. The fraction of sp³-hybridized carbons (Fsp3) is 0.308. The van der Waals surface area contributed by atoms with Crippen molar-refractivity contribution in [1.29, 1.82) is 0 Å². The first-order valence-electron chi connectivity index (χ1n) is 5.37. The number of alkyl halides is 3. The van der Waals surface area contributed by atoms with Crippen LogP contribution in [0.25, 0.3) is 6.08 Å². The molecule has 1 rings (SSSR count). The maximum atomic E-state index is 12.5. The van der Waals surface area contributed by atoms with E-state index >= 15 is 0 Å². The molecule has 0 amide bonds. The molecule has 0 saturated heterocycles. The van der Waals surface area contributed by atoms with E-state index in [0.717, 1.165) is 6.07 Å². The van der Waals surface area contributed by atoms with Gasteiger partial charge in [-0.1, -0.05) is 12.1 Å². The van der Waals surface area contributed by atoms with Crippen LogP contribution in [0, 0.1) is 6.92 Å². The zero-order valence-corrected chi connectivity index (χ0v) is 10.0. The molecule has 0 aliphatic rings. The van der Waals surface area contributed by atoms with E-state index in [0.29, 0.717) is 5.56 Å². The van der Waals surface area contributed by atoms with Gasteiger partial charge in [-0.15, -0.1) is 0 Å². The number of halogens is 3. The van der Waals surface area contributed by atoms with Gasteiger partial charge in [0.05, 0.1) is 12.2 Å². The van der Waals surface area contributed by atoms with Crippen LogP contribution >= 0.6 is 0 Å². The van der Waals surface area contributed by atoms with Crippen LogP contribution in [0.2, 0.25) is 0 Å². The van der Waals surface area contributed by atoms with Crippen LogP contribution in [0.15, 0.2) is 24.3 Å². The Bertz CT molecular complexity index is 462. The van der Waals surface area contributed by atoms with Gasteiger partial charge >= 0.3 is 12.1 Å². The van der Waals surface area contributed by atoms with E-state index in [9.17, 15) is 18.0 Å². The van der Waals surface area contributed by atoms with Crippen molar-refractivity contribution >= 4 is 12.0 Å². The molecule has 0 aliphatic heterocycles. The summed E-state index contributed by atoms with van der Waals surface area (Å²) in [6.45, 7) is 3.31. The fourth-order valence-electron chi connectivity index (χ4n) is 1.46. The Kier molecular flexibility index (Phi) is 4.53. The molecule has 1 aromatic rings. The lowest BCUT2D eigenvalue weighted by Gasteiger charge is -2.10. The van der Waals surface area contributed by atoms with Gasteiger partial charge in [-0.3, -0.25) is 0 Å². The Morgan fingerprint density at radius 3 is 2.56 bits per heavy atom. The molecule has 5 heteroatoms. The maximum Gasteiger partial charge on any atom is 0.416 e. The van der Waals surface area contributed by atoms with E-state index in [-0.39, 0.29) is 12.2 Å². The van der Waals surface area contributed by atoms with Gasteiger partial charge < -0.3 is 4.74 Å². The van der Waals surface area contributed by atoms with Crippen molar-refractivity contribution in [2.75, 3.05) is 6.61 Å². The van der Waals surface area contributed by atoms with Crippen LogP contribution in [-0.4, -0.2) is 12.6 Å². The SMILES string of the molecule is CCOC(=O)C=Cc1ccc(C(F)(F)F)c(C)c1. The molecule has 0 saturated carbocycles. The predicted octanol–water partition coefficient (Wildman–Crippen LogP) is 3.59. The molecule has 0 heterocycles. The third kappa shape index (κ3) is 3.91. The molecule has 0 bridgehead atoms. The van der Waals surface area contributed by atoms with Gasteiger partial charge in [0.2, 0.25) is 0 Å². The highest BCUT2D eigenvalue weighted by Gasteiger charge is 2.31. The second kappa shape index (κ2) is 5.71. The van der Waals surface area contributed by atoms with Crippen molar-refractivity contribution < 1.29 is 22.7 Å². The molecule has 0 radical (unpaired) electrons. The lowest BCUT2D eigenvalue weighted by molar-refractivity contribution is -0.138. The molecule has 0 aliphatic carbocycles. The zero-order valence-electron chi connectivity index (χ0n) is 10.0. The summed E-state index contributed by atoms with van der Waals surface area (Å²) in [7, 11) is 0. The first kappa shape index (κ1) is 14.3. The molecule has 0 N–H and O–H groups in total. The van der Waals surface area contributed by atoms with Gasteiger partial charge in [-0.05, 0) is 37.1 Å². The van der Waals surface area contributed by atoms with E-state index in [1.54, 1.807) is 6.92 Å². The summed E-state index contributed by atoms with van der Waals surface area (Å²) in [4.78, 5) is 11.0. The standard InChI is InChI=1S/C13H13F3O2/c1-3-18-12(17)7-5-10-4-6-11(9(2)8-10)13(14,15)16/h4-8H,3H2,1-2H3. The van der Waals surface area contributed by atoms with E-state index in [4.69, 9.17) is 0 Å². The number of rotatable bonds is 3. The highest BCUT2D eigenvalue weighted by atomic mass is 19.4. The Balaban J connectivity index is 2.89. The third-order valence-corrected chi connectivity index (χ3v) is 2.25. The highest BCUT2D eigenvalue weighted by molar-refractivity contribution is 5.87. The minimum atomic E-state index is -4.35. The molecule has 0 unspecified atom stereocenters. The van der Waals surface area contributed by atoms with Gasteiger partial charge in [-0.2, -0.15) is 13.2 Å². The van der Waals surface area contributed by atoms with Gasteiger partial charge in [0.25, 0.3) is 0 Å². The van der Waals surface area contributed by atoms with Gasteiger partial charge in [0, 0.05) is 6.08 Å². The lowest BCUT2D eigenvalue weighted by atomic mass is 10.0. The summed E-state index contributed by atoms with van der Waals surface area (Å²) in [6, 6.07) is 3.68. The van der Waals surface area contributed by atoms with Crippen molar-refractivity contribution in [2.45, 2.75) is 20.0 Å². The monoisotopic (exact) mass is 258 g/mol. The van der Waals surface area contributed by atoms with Crippen LogP contribution in [0.4, 0.5) is 13.2 Å². The van der Waals surface area contributed by atoms with Crippen molar-refractivity contribution in [3.8, 4) is 0 Å². The van der Waals surface area contributed by atoms with Gasteiger partial charge in [0.1, 0.15) is 0 Å². The average Bonchev–Trinajstić information content (AvgIpc) is 2.25. The molecule has 0 aromatic heterocycles. The number of ether oxygens (including phenoxy) is 1. The van der Waals surface area contributed by atoms with E-state index < -0.39 is 17.7 Å². The fourth-order valence-corrected chi connectivity index (χ4v) is 1.46. The first-order valence-corrected chi connectivity index (χ1v) is 5.37. The number of carbonyl (C=O) groups excluding carboxylic acids is 1. The summed E-state index contributed by atoms with van der Waals surface area (Å²) in [5, 5.41) is 0. The summed E-state index contributed by atoms with van der Waals surface area (Å²) in [5.74, 6) is -0.518. The first-order chi connectivity index (χ1) is 8.34. The summed E-state index contributed by atoms with van der Waals surface area (Å²) in [6.07, 6.45) is -1.75. The van der Waals surface area contributed by atoms with Crippen LogP contribution < -0.4 is 0 Å². The van der Waals surface area contributed by atoms with Gasteiger partial charge in [0.15, 0.2) is 0 Å². The number of aryl methyl sites for hydroxylation is 1. The summed E-state index contributed by atoms with van der Waals surface area (Å²) >= 11 is 0. The molecular weight excluding hydrogens is 245 g/mol. The molecule has 0 fully saturated rings. The number of hydrogen-bond donors (Lipinski definition) is 0. The topological polar surface area (TPSA) is 26.3 Å². The average molecular weight is 258 g/mol. The van der Waals surface area contributed by atoms with E-state index in [1.807, 2.05) is 0 Å². The van der Waals surface area contributed by atoms with Crippen LogP contribution in [0.5, 0.6) is 0 Å². The van der Waals surface area contributed by atoms with Gasteiger partial charge in [-0.25, -0.2) is 4.79 Å². The molecule has 1 aromatic carbocycles. The van der Waals surface area contributed by atoms with E-state index in [1.165, 1.54) is 31.2 Å². The molecule has 2 nitrogen and oxygen atoms in total. The molecular formula is C13H13F3O2. The zero-order chi connectivity index (χ0) is 13.8. The smallest absolute Gasteiger partial charge is 0.416 e. The van der Waals surface area contributed by atoms with Crippen molar-refractivity contribution in [3.63, 3.8) is 0 Å². The second-order valence-electron chi connectivity index (χ2n) is 3.66. The van der Waals surface area contributed by atoms with Crippen molar-refractivity contribution in [3.05, 3.63) is 41.0 Å². The summed E-state index contributed by atoms with van der Waals surface area (Å²) in [5.41, 5.74) is -0.0298.